The fourth-order valence-corrected chi connectivity index (χ4v) is 1.41. The minimum Gasteiger partial charge on any atom is -0.412 e. The predicted octanol–water partition coefficient (Wildman–Crippen LogP) is 1.40. The lowest BCUT2D eigenvalue weighted by atomic mass is 10.1. The van der Waals surface area contributed by atoms with Crippen LogP contribution in [0.5, 0.6) is 0 Å². The van der Waals surface area contributed by atoms with E-state index in [0.717, 1.165) is 10.8 Å². The van der Waals surface area contributed by atoms with Gasteiger partial charge in [-0.25, -0.2) is 0 Å². The van der Waals surface area contributed by atoms with Crippen LogP contribution in [-0.4, -0.2) is 17.5 Å². The Labute approximate surface area is 86.6 Å². The highest BCUT2D eigenvalue weighted by atomic mass is 16.2. The number of carbonyl (C=O) groups is 2. The van der Waals surface area contributed by atoms with Crippen LogP contribution in [0.1, 0.15) is 10.4 Å². The van der Waals surface area contributed by atoms with Gasteiger partial charge >= 0.3 is 0 Å². The second-order valence-corrected chi connectivity index (χ2v) is 3.04. The molecule has 3 heteroatoms. The van der Waals surface area contributed by atoms with Gasteiger partial charge in [0, 0.05) is 5.56 Å². The summed E-state index contributed by atoms with van der Waals surface area (Å²) in [4.78, 5) is 21.4. The number of carbonyl (C=O) groups excluding carboxylic acids is 2. The maximum atomic E-state index is 11.1. The Kier molecular flexibility index (Phi) is 3.31. The van der Waals surface area contributed by atoms with Gasteiger partial charge in [0.15, 0.2) is 6.29 Å². The average molecular weight is 202 g/mol. The van der Waals surface area contributed by atoms with Gasteiger partial charge in [-0.05, 0) is 16.8 Å². The number of Topliss-reactive ketones (excluding diaryl/α,β-unsaturated/α-hetero) is 1. The molecule has 0 radical (unpaired) electrons. The van der Waals surface area contributed by atoms with E-state index < -0.39 is 5.78 Å². The van der Waals surface area contributed by atoms with Crippen LogP contribution in [0.3, 0.4) is 0 Å². The number of rotatable bonds is 2. The standard InChI is InChI=1S/C12H8O2.H2O/c13-8-12(14)11-6-5-9-3-1-2-4-10(9)7-11;/h1-8H;1H2. The van der Waals surface area contributed by atoms with Crippen LogP contribution in [0.4, 0.5) is 0 Å². The Morgan fingerprint density at radius 2 is 1.67 bits per heavy atom. The molecule has 0 aliphatic rings. The van der Waals surface area contributed by atoms with Crippen LogP contribution in [0.25, 0.3) is 10.8 Å². The lowest BCUT2D eigenvalue weighted by Crippen LogP contribution is -1.98. The normalized spacial score (nSPS) is 9.33. The Morgan fingerprint density at radius 3 is 2.33 bits per heavy atom. The highest BCUT2D eigenvalue weighted by Crippen LogP contribution is 2.15. The van der Waals surface area contributed by atoms with Crippen LogP contribution in [0.2, 0.25) is 0 Å². The maximum Gasteiger partial charge on any atom is 0.225 e. The van der Waals surface area contributed by atoms with Crippen LogP contribution in [-0.2, 0) is 4.79 Å². The molecule has 0 amide bonds. The van der Waals surface area contributed by atoms with Gasteiger partial charge in [-0.3, -0.25) is 9.59 Å². The van der Waals surface area contributed by atoms with Gasteiger partial charge in [-0.15, -0.1) is 0 Å². The molecule has 0 fully saturated rings. The summed E-state index contributed by atoms with van der Waals surface area (Å²) in [6.45, 7) is 0. The van der Waals surface area contributed by atoms with E-state index >= 15 is 0 Å². The van der Waals surface area contributed by atoms with Crippen molar-refractivity contribution in [1.29, 1.82) is 0 Å². The molecular weight excluding hydrogens is 192 g/mol. The first kappa shape index (κ1) is 11.1. The summed E-state index contributed by atoms with van der Waals surface area (Å²) in [5, 5.41) is 2.04. The molecule has 0 aromatic heterocycles. The van der Waals surface area contributed by atoms with Gasteiger partial charge in [-0.2, -0.15) is 0 Å². The summed E-state index contributed by atoms with van der Waals surface area (Å²) in [6.07, 6.45) is 0.337. The zero-order chi connectivity index (χ0) is 9.97. The minimum absolute atomic E-state index is 0. The zero-order valence-corrected chi connectivity index (χ0v) is 7.94. The number of fused-ring (bicyclic) bond motifs is 1. The molecule has 0 aliphatic heterocycles. The number of benzene rings is 2. The van der Waals surface area contributed by atoms with Gasteiger partial charge in [0.05, 0.1) is 0 Å². The summed E-state index contributed by atoms with van der Waals surface area (Å²) in [5.74, 6) is -0.476. The molecule has 0 atom stereocenters. The number of ketones is 1. The summed E-state index contributed by atoms with van der Waals surface area (Å²) >= 11 is 0. The van der Waals surface area contributed by atoms with Crippen molar-refractivity contribution in [2.24, 2.45) is 0 Å². The molecular formula is C12H10O3. The molecule has 0 heterocycles. The van der Waals surface area contributed by atoms with Crippen molar-refractivity contribution >= 4 is 22.8 Å². The largest absolute Gasteiger partial charge is 0.412 e. The van der Waals surface area contributed by atoms with E-state index in [1.807, 2.05) is 30.3 Å². The molecule has 0 saturated carbocycles. The topological polar surface area (TPSA) is 65.6 Å². The Balaban J connectivity index is 0.00000112. The fraction of sp³-hybridized carbons (Fsp3) is 0. The minimum atomic E-state index is -0.476. The predicted molar refractivity (Wildman–Crippen MR) is 58.0 cm³/mol. The van der Waals surface area contributed by atoms with Gasteiger partial charge in [0.25, 0.3) is 0 Å². The van der Waals surface area contributed by atoms with E-state index in [-0.39, 0.29) is 5.48 Å². The first-order valence-corrected chi connectivity index (χ1v) is 4.29. The van der Waals surface area contributed by atoms with Crippen molar-refractivity contribution in [3.8, 4) is 0 Å². The third-order valence-corrected chi connectivity index (χ3v) is 2.14. The van der Waals surface area contributed by atoms with E-state index in [0.29, 0.717) is 11.8 Å². The Bertz CT molecular complexity index is 503. The second-order valence-electron chi connectivity index (χ2n) is 3.04. The summed E-state index contributed by atoms with van der Waals surface area (Å²) < 4.78 is 0. The highest BCUT2D eigenvalue weighted by molar-refractivity contribution is 6.33. The maximum absolute atomic E-state index is 11.1. The van der Waals surface area contributed by atoms with Crippen molar-refractivity contribution in [3.63, 3.8) is 0 Å². The van der Waals surface area contributed by atoms with Gasteiger partial charge in [0.2, 0.25) is 5.78 Å². The summed E-state index contributed by atoms with van der Waals surface area (Å²) in [6, 6.07) is 12.9. The molecule has 0 bridgehead atoms. The molecule has 2 N–H and O–H groups in total. The van der Waals surface area contributed by atoms with Crippen LogP contribution in [0, 0.1) is 0 Å². The quantitative estimate of drug-likeness (QED) is 0.419. The van der Waals surface area contributed by atoms with Crippen molar-refractivity contribution in [3.05, 3.63) is 48.0 Å². The molecule has 2 aromatic carbocycles. The van der Waals surface area contributed by atoms with Crippen LogP contribution in [0.15, 0.2) is 42.5 Å². The zero-order valence-electron chi connectivity index (χ0n) is 7.94. The van der Waals surface area contributed by atoms with Crippen molar-refractivity contribution in [2.75, 3.05) is 0 Å². The van der Waals surface area contributed by atoms with E-state index in [1.54, 1.807) is 12.1 Å². The lowest BCUT2D eigenvalue weighted by Gasteiger charge is -1.98. The number of hydrogen-bond acceptors (Lipinski definition) is 2. The Morgan fingerprint density at radius 1 is 1.00 bits per heavy atom. The lowest BCUT2D eigenvalue weighted by molar-refractivity contribution is -0.104. The van der Waals surface area contributed by atoms with Crippen LogP contribution >= 0.6 is 0 Å². The van der Waals surface area contributed by atoms with E-state index in [4.69, 9.17) is 0 Å². The van der Waals surface area contributed by atoms with Crippen molar-refractivity contribution < 1.29 is 15.1 Å². The molecule has 2 rings (SSSR count). The van der Waals surface area contributed by atoms with Gasteiger partial charge in [0.1, 0.15) is 0 Å². The summed E-state index contributed by atoms with van der Waals surface area (Å²) in [5.41, 5.74) is 0.443. The third kappa shape index (κ3) is 2.08. The van der Waals surface area contributed by atoms with Gasteiger partial charge < -0.3 is 5.48 Å². The SMILES string of the molecule is O.O=CC(=O)c1ccc2ccccc2c1. The molecule has 0 aliphatic carbocycles. The first-order valence-electron chi connectivity index (χ1n) is 4.29. The monoisotopic (exact) mass is 202 g/mol. The first-order chi connectivity index (χ1) is 6.81. The number of aldehydes is 1. The van der Waals surface area contributed by atoms with E-state index in [9.17, 15) is 9.59 Å². The second kappa shape index (κ2) is 4.48. The third-order valence-electron chi connectivity index (χ3n) is 2.14. The highest BCUT2D eigenvalue weighted by Gasteiger charge is 2.03. The van der Waals surface area contributed by atoms with Crippen molar-refractivity contribution in [2.45, 2.75) is 0 Å². The smallest absolute Gasteiger partial charge is 0.225 e. The molecule has 0 saturated heterocycles. The molecule has 3 nitrogen and oxygen atoms in total. The average Bonchev–Trinajstić information content (AvgIpc) is 2.27. The van der Waals surface area contributed by atoms with Crippen molar-refractivity contribution in [1.82, 2.24) is 0 Å². The summed E-state index contributed by atoms with van der Waals surface area (Å²) in [7, 11) is 0. The molecule has 2 aromatic rings. The molecule has 15 heavy (non-hydrogen) atoms. The Hall–Kier alpha value is -2.00. The van der Waals surface area contributed by atoms with E-state index in [2.05, 4.69) is 0 Å². The molecule has 0 unspecified atom stereocenters. The fourth-order valence-electron chi connectivity index (χ4n) is 1.41. The van der Waals surface area contributed by atoms with Crippen LogP contribution < -0.4 is 0 Å². The van der Waals surface area contributed by atoms with E-state index in [1.165, 1.54) is 0 Å². The molecule has 0 spiro atoms. The molecule has 76 valence electrons. The number of hydrogen-bond donors (Lipinski definition) is 0. The van der Waals surface area contributed by atoms with Gasteiger partial charge in [-0.1, -0.05) is 36.4 Å².